The second kappa shape index (κ2) is 9.73. The van der Waals surface area contributed by atoms with Crippen LogP contribution in [-0.2, 0) is 4.79 Å². The quantitative estimate of drug-likeness (QED) is 0.299. The van der Waals surface area contributed by atoms with E-state index in [1.165, 1.54) is 24.3 Å². The lowest BCUT2D eigenvalue weighted by atomic mass is 9.74. The maximum atomic E-state index is 14.0. The van der Waals surface area contributed by atoms with Crippen LogP contribution in [0.25, 0.3) is 5.69 Å². The van der Waals surface area contributed by atoms with Gasteiger partial charge in [-0.15, -0.1) is 0 Å². The fourth-order valence-electron chi connectivity index (χ4n) is 5.28. The molecule has 0 unspecified atom stereocenters. The summed E-state index contributed by atoms with van der Waals surface area (Å²) in [5.41, 5.74) is 4.36. The Balaban J connectivity index is 1.68. The molecule has 1 amide bonds. The van der Waals surface area contributed by atoms with Crippen LogP contribution in [0.5, 0.6) is 0 Å². The van der Waals surface area contributed by atoms with Gasteiger partial charge in [0.25, 0.3) is 0 Å². The third-order valence-electron chi connectivity index (χ3n) is 7.00. The second-order valence-corrected chi connectivity index (χ2v) is 9.43. The number of ketones is 1. The van der Waals surface area contributed by atoms with Crippen molar-refractivity contribution >= 4 is 17.5 Å². The van der Waals surface area contributed by atoms with E-state index in [0.29, 0.717) is 29.3 Å². The zero-order valence-electron chi connectivity index (χ0n) is 20.9. The second-order valence-electron chi connectivity index (χ2n) is 9.43. The zero-order chi connectivity index (χ0) is 26.3. The number of carbonyl (C=O) groups excluding carboxylic acids is 2. The normalized spacial score (nSPS) is 17.1. The highest BCUT2D eigenvalue weighted by atomic mass is 19.1. The highest BCUT2D eigenvalue weighted by molar-refractivity contribution is 6.04. The largest absolute Gasteiger partial charge is 0.296 e. The van der Waals surface area contributed by atoms with Crippen LogP contribution in [0.1, 0.15) is 52.0 Å². The Morgan fingerprint density at radius 1 is 0.946 bits per heavy atom. The predicted octanol–water partition coefficient (Wildman–Crippen LogP) is 6.15. The van der Waals surface area contributed by atoms with Gasteiger partial charge in [0.15, 0.2) is 5.78 Å². The molecule has 5 nitrogen and oxygen atoms in total. The Hall–Kier alpha value is -4.13. The molecule has 2 heterocycles. The average molecular weight is 500 g/mol. The minimum atomic E-state index is -0.699. The van der Waals surface area contributed by atoms with E-state index < -0.39 is 11.8 Å². The zero-order valence-corrected chi connectivity index (χ0v) is 20.9. The highest BCUT2D eigenvalue weighted by Gasteiger charge is 2.45. The Kier molecular flexibility index (Phi) is 6.46. The molecule has 0 N–H and O–H groups in total. The number of fused-ring (bicyclic) bond motifs is 1. The molecule has 4 aromatic rings. The minimum absolute atomic E-state index is 0.00143. The number of amides is 1. The fraction of sp³-hybridized carbons (Fsp3) is 0.233. The molecule has 188 valence electrons. The molecule has 1 aliphatic heterocycles. The van der Waals surface area contributed by atoms with Gasteiger partial charge < -0.3 is 0 Å². The summed E-state index contributed by atoms with van der Waals surface area (Å²) in [5, 5.41) is 4.74. The van der Waals surface area contributed by atoms with E-state index in [1.807, 2.05) is 39.0 Å². The van der Waals surface area contributed by atoms with Gasteiger partial charge in [0.1, 0.15) is 17.5 Å². The van der Waals surface area contributed by atoms with E-state index in [-0.39, 0.29) is 29.7 Å². The summed E-state index contributed by atoms with van der Waals surface area (Å²) in [4.78, 5) is 29.1. The van der Waals surface area contributed by atoms with E-state index in [1.54, 1.807) is 39.9 Å². The van der Waals surface area contributed by atoms with Gasteiger partial charge in [-0.2, -0.15) is 5.10 Å². The first-order valence-electron chi connectivity index (χ1n) is 12.3. The number of aryl methyl sites for hydroxylation is 2. The number of rotatable bonds is 6. The lowest BCUT2D eigenvalue weighted by molar-refractivity contribution is -0.123. The van der Waals surface area contributed by atoms with Crippen molar-refractivity contribution in [3.63, 3.8) is 0 Å². The molecule has 7 heteroatoms. The van der Waals surface area contributed by atoms with Gasteiger partial charge in [-0.25, -0.2) is 13.5 Å². The summed E-state index contributed by atoms with van der Waals surface area (Å²) in [6.07, 6.45) is 0.00143. The van der Waals surface area contributed by atoms with Crippen molar-refractivity contribution in [2.45, 2.75) is 33.1 Å². The first-order valence-corrected chi connectivity index (χ1v) is 12.3. The van der Waals surface area contributed by atoms with Gasteiger partial charge in [0.2, 0.25) is 5.91 Å². The van der Waals surface area contributed by atoms with Crippen LogP contribution in [0.4, 0.5) is 14.6 Å². The molecule has 0 saturated heterocycles. The van der Waals surface area contributed by atoms with Crippen LogP contribution < -0.4 is 4.90 Å². The van der Waals surface area contributed by atoms with Crippen molar-refractivity contribution < 1.29 is 18.4 Å². The summed E-state index contributed by atoms with van der Waals surface area (Å²) in [5.74, 6) is -1.70. The molecule has 3 aromatic carbocycles. The average Bonchev–Trinajstić information content (AvgIpc) is 3.22. The first kappa shape index (κ1) is 24.6. The number of halogens is 2. The van der Waals surface area contributed by atoms with Gasteiger partial charge in [0.05, 0.1) is 17.3 Å². The van der Waals surface area contributed by atoms with Crippen LogP contribution in [0.2, 0.25) is 0 Å². The number of aromatic nitrogens is 2. The van der Waals surface area contributed by atoms with Gasteiger partial charge in [-0.1, -0.05) is 35.9 Å². The summed E-state index contributed by atoms with van der Waals surface area (Å²) < 4.78 is 29.2. The Bertz CT molecular complexity index is 1480. The van der Waals surface area contributed by atoms with Crippen LogP contribution >= 0.6 is 0 Å². The maximum Gasteiger partial charge on any atom is 0.232 e. The van der Waals surface area contributed by atoms with Gasteiger partial charge in [-0.05, 0) is 68.8 Å². The first-order chi connectivity index (χ1) is 17.8. The standard InChI is InChI=1S/C30H27F2N3O2/c1-4-34-29-27(19(3)33-35(29)24-14-12-23(32)13-15-24)28(20-8-10-22(31)11-9-20)25(30(34)37)17-26(36)21-7-5-6-18(2)16-21/h5-16,25,28H,4,17H2,1-3H3/t25-,28+/m0/s1. The number of nitrogens with zero attached hydrogens (tertiary/aromatic N) is 3. The van der Waals surface area contributed by atoms with E-state index in [0.717, 1.165) is 16.7 Å². The molecule has 2 atom stereocenters. The van der Waals surface area contributed by atoms with Crippen molar-refractivity contribution in [3.05, 3.63) is 112 Å². The van der Waals surface area contributed by atoms with Gasteiger partial charge >= 0.3 is 0 Å². The molecule has 0 radical (unpaired) electrons. The molecular weight excluding hydrogens is 472 g/mol. The molecule has 1 aliphatic rings. The van der Waals surface area contributed by atoms with Crippen molar-refractivity contribution in [1.82, 2.24) is 9.78 Å². The van der Waals surface area contributed by atoms with Gasteiger partial charge in [-0.3, -0.25) is 14.5 Å². The van der Waals surface area contributed by atoms with Crippen molar-refractivity contribution in [1.29, 1.82) is 0 Å². The monoisotopic (exact) mass is 499 g/mol. The molecule has 5 rings (SSSR count). The number of hydrogen-bond donors (Lipinski definition) is 0. The molecular formula is C30H27F2N3O2. The number of Topliss-reactive ketones (excluding diaryl/α,β-unsaturated/α-hetero) is 1. The topological polar surface area (TPSA) is 55.2 Å². The van der Waals surface area contributed by atoms with E-state index in [9.17, 15) is 18.4 Å². The Morgan fingerprint density at radius 3 is 2.22 bits per heavy atom. The molecule has 0 bridgehead atoms. The van der Waals surface area contributed by atoms with E-state index in [4.69, 9.17) is 5.10 Å². The van der Waals surface area contributed by atoms with Crippen LogP contribution in [0.15, 0.2) is 72.8 Å². The minimum Gasteiger partial charge on any atom is -0.296 e. The SMILES string of the molecule is CCN1C(=O)[C@@H](CC(=O)c2cccc(C)c2)[C@@H](c2ccc(F)cc2)c2c(C)nn(-c3ccc(F)cc3)c21. The molecule has 37 heavy (non-hydrogen) atoms. The third-order valence-corrected chi connectivity index (χ3v) is 7.00. The summed E-state index contributed by atoms with van der Waals surface area (Å²) in [7, 11) is 0. The summed E-state index contributed by atoms with van der Waals surface area (Å²) in [6.45, 7) is 6.01. The lowest BCUT2D eigenvalue weighted by Crippen LogP contribution is -2.45. The van der Waals surface area contributed by atoms with Crippen molar-refractivity contribution in [3.8, 4) is 5.69 Å². The number of anilines is 1. The maximum absolute atomic E-state index is 14.0. The molecule has 1 aromatic heterocycles. The lowest BCUT2D eigenvalue weighted by Gasteiger charge is -2.38. The van der Waals surface area contributed by atoms with Crippen molar-refractivity contribution in [2.75, 3.05) is 11.4 Å². The molecule has 0 saturated carbocycles. The van der Waals surface area contributed by atoms with Crippen LogP contribution in [-0.4, -0.2) is 28.0 Å². The molecule has 0 fully saturated rings. The number of benzene rings is 3. The predicted molar refractivity (Wildman–Crippen MR) is 138 cm³/mol. The highest BCUT2D eigenvalue weighted by Crippen LogP contribution is 2.47. The third kappa shape index (κ3) is 4.46. The number of hydrogen-bond acceptors (Lipinski definition) is 3. The van der Waals surface area contributed by atoms with E-state index >= 15 is 0 Å². The smallest absolute Gasteiger partial charge is 0.232 e. The Morgan fingerprint density at radius 2 is 1.59 bits per heavy atom. The molecule has 0 aliphatic carbocycles. The van der Waals surface area contributed by atoms with Crippen LogP contribution in [0.3, 0.4) is 0 Å². The van der Waals surface area contributed by atoms with Crippen LogP contribution in [0, 0.1) is 31.4 Å². The summed E-state index contributed by atoms with van der Waals surface area (Å²) in [6, 6.07) is 19.3. The fourth-order valence-corrected chi connectivity index (χ4v) is 5.28. The molecule has 0 spiro atoms. The number of carbonyl (C=O) groups is 2. The van der Waals surface area contributed by atoms with Crippen molar-refractivity contribution in [2.24, 2.45) is 5.92 Å². The Labute approximate surface area is 214 Å². The van der Waals surface area contributed by atoms with E-state index in [2.05, 4.69) is 0 Å². The van der Waals surface area contributed by atoms with Gasteiger partial charge in [0, 0.05) is 30.0 Å². The summed E-state index contributed by atoms with van der Waals surface area (Å²) >= 11 is 0.